The Bertz CT molecular complexity index is 271. The van der Waals surface area contributed by atoms with Gasteiger partial charge in [-0.2, -0.15) is 0 Å². The fraction of sp³-hybridized carbons (Fsp3) is 0.222. The van der Waals surface area contributed by atoms with E-state index in [9.17, 15) is 9.90 Å². The summed E-state index contributed by atoms with van der Waals surface area (Å²) >= 11 is 1.63. The molecule has 0 heterocycles. The molecule has 0 N–H and O–H groups in total. The molecule has 64 valence electrons. The first-order valence-electron chi connectivity index (χ1n) is 3.55. The van der Waals surface area contributed by atoms with Gasteiger partial charge in [0, 0.05) is 17.3 Å². The van der Waals surface area contributed by atoms with Crippen LogP contribution in [-0.2, 0) is 11.2 Å². The van der Waals surface area contributed by atoms with Crippen molar-refractivity contribution in [2.45, 2.75) is 11.3 Å². The van der Waals surface area contributed by atoms with Crippen LogP contribution in [0.15, 0.2) is 29.2 Å². The molecule has 0 radical (unpaired) electrons. The van der Waals surface area contributed by atoms with Crippen molar-refractivity contribution in [3.63, 3.8) is 0 Å². The molecule has 1 aromatic rings. The van der Waals surface area contributed by atoms with Gasteiger partial charge in [0.1, 0.15) is 0 Å². The molecule has 0 aliphatic heterocycles. The Kier molecular flexibility index (Phi) is 7.40. The first-order valence-corrected chi connectivity index (χ1v) is 4.77. The Morgan fingerprint density at radius 2 is 1.92 bits per heavy atom. The largest absolute Gasteiger partial charge is 1.00 e. The first-order chi connectivity index (χ1) is 5.72. The van der Waals surface area contributed by atoms with Gasteiger partial charge in [0.25, 0.3) is 0 Å². The van der Waals surface area contributed by atoms with Crippen molar-refractivity contribution in [3.8, 4) is 0 Å². The molecule has 0 atom stereocenters. The van der Waals surface area contributed by atoms with E-state index in [2.05, 4.69) is 0 Å². The second kappa shape index (κ2) is 7.03. The van der Waals surface area contributed by atoms with Crippen LogP contribution in [0.3, 0.4) is 0 Å². The minimum atomic E-state index is -1.04. The van der Waals surface area contributed by atoms with Crippen LogP contribution < -0.4 is 56.5 Å². The van der Waals surface area contributed by atoms with Gasteiger partial charge >= 0.3 is 51.4 Å². The van der Waals surface area contributed by atoms with Crippen LogP contribution in [0.25, 0.3) is 0 Å². The number of carbonyl (C=O) groups is 1. The molecule has 0 spiro atoms. The van der Waals surface area contributed by atoms with Gasteiger partial charge in [0.05, 0.1) is 0 Å². The minimum absolute atomic E-state index is 0. The molecule has 0 unspecified atom stereocenters. The van der Waals surface area contributed by atoms with Crippen molar-refractivity contribution in [2.75, 3.05) is 6.26 Å². The maximum Gasteiger partial charge on any atom is 1.00 e. The summed E-state index contributed by atoms with van der Waals surface area (Å²) < 4.78 is 0. The summed E-state index contributed by atoms with van der Waals surface area (Å²) in [5, 5.41) is 10.2. The topological polar surface area (TPSA) is 40.1 Å². The van der Waals surface area contributed by atoms with Crippen LogP contribution in [0.1, 0.15) is 5.56 Å². The maximum absolute atomic E-state index is 10.2. The van der Waals surface area contributed by atoms with Crippen molar-refractivity contribution in [3.05, 3.63) is 29.8 Å². The quantitative estimate of drug-likeness (QED) is 0.425. The molecular formula is C9H9KO2S. The molecule has 13 heavy (non-hydrogen) atoms. The Labute approximate surface area is 125 Å². The summed E-state index contributed by atoms with van der Waals surface area (Å²) in [7, 11) is 0. The zero-order chi connectivity index (χ0) is 8.97. The summed E-state index contributed by atoms with van der Waals surface area (Å²) in [5.74, 6) is -1.04. The monoisotopic (exact) mass is 220 g/mol. The molecule has 0 aromatic heterocycles. The van der Waals surface area contributed by atoms with E-state index < -0.39 is 5.97 Å². The van der Waals surface area contributed by atoms with E-state index in [4.69, 9.17) is 0 Å². The third-order valence-corrected chi connectivity index (χ3v) is 2.25. The Morgan fingerprint density at radius 1 is 1.38 bits per heavy atom. The average molecular weight is 220 g/mol. The summed E-state index contributed by atoms with van der Waals surface area (Å²) in [6.07, 6.45) is 1.97. The van der Waals surface area contributed by atoms with Gasteiger partial charge in [-0.3, -0.25) is 0 Å². The number of hydrogen-bond donors (Lipinski definition) is 0. The van der Waals surface area contributed by atoms with Gasteiger partial charge in [-0.25, -0.2) is 0 Å². The van der Waals surface area contributed by atoms with Gasteiger partial charge in [-0.05, 0) is 24.0 Å². The van der Waals surface area contributed by atoms with Crippen molar-refractivity contribution >= 4 is 17.7 Å². The zero-order valence-electron chi connectivity index (χ0n) is 7.74. The predicted octanol–water partition coefficient (Wildman–Crippen LogP) is -2.30. The van der Waals surface area contributed by atoms with Crippen molar-refractivity contribution in [1.29, 1.82) is 0 Å². The molecule has 0 saturated heterocycles. The first kappa shape index (κ1) is 13.7. The normalized spacial score (nSPS) is 9.00. The molecule has 4 heteroatoms. The molecule has 1 aromatic carbocycles. The molecule has 0 fully saturated rings. The standard InChI is InChI=1S/C9H10O2S.K/c1-12-8-4-2-7(3-5-8)6-9(10)11;/h2-5H,6H2,1H3,(H,10,11);/q;+1/p-1. The molecule has 0 amide bonds. The van der Waals surface area contributed by atoms with Crippen LogP contribution in [0.5, 0.6) is 0 Å². The molecular weight excluding hydrogens is 211 g/mol. The van der Waals surface area contributed by atoms with E-state index in [0.717, 1.165) is 10.5 Å². The van der Waals surface area contributed by atoms with Crippen LogP contribution in [0.2, 0.25) is 0 Å². The van der Waals surface area contributed by atoms with Gasteiger partial charge < -0.3 is 9.90 Å². The van der Waals surface area contributed by atoms with Crippen LogP contribution in [-0.4, -0.2) is 12.2 Å². The van der Waals surface area contributed by atoms with E-state index in [1.807, 2.05) is 30.5 Å². The van der Waals surface area contributed by atoms with Crippen molar-refractivity contribution in [1.82, 2.24) is 0 Å². The second-order valence-corrected chi connectivity index (χ2v) is 3.28. The Hall–Kier alpha value is 0.676. The van der Waals surface area contributed by atoms with Gasteiger partial charge in [0.2, 0.25) is 0 Å². The predicted molar refractivity (Wildman–Crippen MR) is 46.9 cm³/mol. The fourth-order valence-electron chi connectivity index (χ4n) is 0.910. The SMILES string of the molecule is CSc1ccc(CC(=O)[O-])cc1.[K+]. The summed E-state index contributed by atoms with van der Waals surface area (Å²) in [6, 6.07) is 7.43. The van der Waals surface area contributed by atoms with E-state index in [1.54, 1.807) is 11.8 Å². The molecule has 2 nitrogen and oxygen atoms in total. The number of aliphatic carboxylic acids is 1. The number of carboxylic acid groups (broad SMARTS) is 1. The van der Waals surface area contributed by atoms with Gasteiger partial charge in [0.15, 0.2) is 0 Å². The molecule has 0 bridgehead atoms. The number of carboxylic acids is 1. The number of carbonyl (C=O) groups excluding carboxylic acids is 1. The average Bonchev–Trinajstić information content (AvgIpc) is 2.05. The molecule has 0 saturated carbocycles. The number of thioether (sulfide) groups is 1. The number of hydrogen-bond acceptors (Lipinski definition) is 3. The van der Waals surface area contributed by atoms with Crippen LogP contribution >= 0.6 is 11.8 Å². The number of rotatable bonds is 3. The van der Waals surface area contributed by atoms with E-state index in [1.165, 1.54) is 0 Å². The van der Waals surface area contributed by atoms with E-state index in [0.29, 0.717) is 0 Å². The summed E-state index contributed by atoms with van der Waals surface area (Å²) in [5.41, 5.74) is 0.785. The van der Waals surface area contributed by atoms with Crippen LogP contribution in [0.4, 0.5) is 0 Å². The summed E-state index contributed by atoms with van der Waals surface area (Å²) in [4.78, 5) is 11.3. The third-order valence-electron chi connectivity index (χ3n) is 1.51. The maximum atomic E-state index is 10.2. The Morgan fingerprint density at radius 3 is 2.31 bits per heavy atom. The zero-order valence-corrected chi connectivity index (χ0v) is 11.7. The summed E-state index contributed by atoms with van der Waals surface area (Å²) in [6.45, 7) is 0. The molecule has 1 rings (SSSR count). The Balaban J connectivity index is 0.00000144. The number of benzene rings is 1. The molecule has 0 aliphatic carbocycles. The minimum Gasteiger partial charge on any atom is -0.550 e. The third kappa shape index (κ3) is 5.20. The smallest absolute Gasteiger partial charge is 0.550 e. The van der Waals surface area contributed by atoms with Crippen molar-refractivity contribution in [2.24, 2.45) is 0 Å². The van der Waals surface area contributed by atoms with E-state index >= 15 is 0 Å². The van der Waals surface area contributed by atoms with Gasteiger partial charge in [-0.1, -0.05) is 12.1 Å². The van der Waals surface area contributed by atoms with E-state index in [-0.39, 0.29) is 57.8 Å². The van der Waals surface area contributed by atoms with Crippen LogP contribution in [0, 0.1) is 0 Å². The van der Waals surface area contributed by atoms with Crippen molar-refractivity contribution < 1.29 is 61.3 Å². The second-order valence-electron chi connectivity index (χ2n) is 2.40. The van der Waals surface area contributed by atoms with Gasteiger partial charge in [-0.15, -0.1) is 11.8 Å². The molecule has 0 aliphatic rings. The fourth-order valence-corrected chi connectivity index (χ4v) is 1.32.